The Morgan fingerprint density at radius 3 is 2.10 bits per heavy atom. The van der Waals surface area contributed by atoms with Gasteiger partial charge in [0.15, 0.2) is 0 Å². The van der Waals surface area contributed by atoms with Gasteiger partial charge in [0.05, 0.1) is 0 Å². The van der Waals surface area contributed by atoms with E-state index in [4.69, 9.17) is 0 Å². The Kier molecular flexibility index (Phi) is 8.47. The molecule has 0 aromatic carbocycles. The monoisotopic (exact) mass is 206 g/mol. The molecule has 0 aromatic heterocycles. The smallest absolute Gasteiger partial charge is 0.811 e. The van der Waals surface area contributed by atoms with Crippen molar-refractivity contribution in [1.29, 1.82) is 0 Å². The molecular weight excluding hydrogens is 195 g/mol. The number of hydrogen-bond donors (Lipinski definition) is 0. The van der Waals surface area contributed by atoms with E-state index in [1.807, 2.05) is 6.92 Å². The summed E-state index contributed by atoms with van der Waals surface area (Å²) >= 11 is 0. The molecule has 0 aliphatic carbocycles. The van der Waals surface area contributed by atoms with Gasteiger partial charge in [0.1, 0.15) is 0 Å². The van der Waals surface area contributed by atoms with Gasteiger partial charge in [-0.05, 0) is 12.6 Å². The van der Waals surface area contributed by atoms with E-state index in [0.717, 1.165) is 12.8 Å². The van der Waals surface area contributed by atoms with Crippen LogP contribution in [0.2, 0.25) is 0 Å². The van der Waals surface area contributed by atoms with Gasteiger partial charge in [0.2, 0.25) is 0 Å². The Balaban J connectivity index is 0. The molecule has 0 bridgehead atoms. The fourth-order valence-corrected chi connectivity index (χ4v) is 1.17. The predicted octanol–water partition coefficient (Wildman–Crippen LogP) is 0.0878. The summed E-state index contributed by atoms with van der Waals surface area (Å²) in [5.41, 5.74) is 0. The van der Waals surface area contributed by atoms with Crippen LogP contribution < -0.4 is 9.79 Å². The molecule has 62 valence electrons. The summed E-state index contributed by atoms with van der Waals surface area (Å²) in [4.78, 5) is 20.0. The summed E-state index contributed by atoms with van der Waals surface area (Å²) in [5.74, 6) is 0. The Morgan fingerprint density at radius 1 is 1.30 bits per heavy atom. The molecule has 0 amide bonds. The molecule has 10 heavy (non-hydrogen) atoms. The molecule has 0 heterocycles. The van der Waals surface area contributed by atoms with Crippen LogP contribution >= 0.6 is 7.60 Å². The molecule has 0 atom stereocenters. The van der Waals surface area contributed by atoms with Crippen LogP contribution in [0.5, 0.6) is 0 Å². The first-order valence-electron chi connectivity index (χ1n) is 3.07. The van der Waals surface area contributed by atoms with Gasteiger partial charge in [-0.3, -0.25) is 0 Å². The molecule has 0 radical (unpaired) electrons. The molecule has 0 saturated heterocycles. The molecule has 3 nitrogen and oxygen atoms in total. The summed E-state index contributed by atoms with van der Waals surface area (Å²) in [5, 5.41) is 0. The second-order valence-corrected chi connectivity index (χ2v) is 3.71. The van der Waals surface area contributed by atoms with E-state index in [2.05, 4.69) is 0 Å². The minimum Gasteiger partial charge on any atom is -0.811 e. The fourth-order valence-electron chi connectivity index (χ4n) is 0.555. The van der Waals surface area contributed by atoms with E-state index in [1.165, 1.54) is 0 Å². The molecule has 0 aromatic rings. The van der Waals surface area contributed by atoms with E-state index in [-0.39, 0.29) is 23.2 Å². The van der Waals surface area contributed by atoms with Crippen molar-refractivity contribution in [2.24, 2.45) is 0 Å². The molecule has 0 rings (SSSR count). The molecule has 0 aliphatic heterocycles. The van der Waals surface area contributed by atoms with Crippen LogP contribution in [-0.2, 0) is 21.6 Å². The third-order valence-corrected chi connectivity index (χ3v) is 1.90. The van der Waals surface area contributed by atoms with Crippen LogP contribution in [0.1, 0.15) is 26.2 Å². The number of unbranched alkanes of at least 4 members (excludes halogenated alkanes) is 2. The van der Waals surface area contributed by atoms with Crippen molar-refractivity contribution < 1.29 is 31.4 Å². The van der Waals surface area contributed by atoms with Crippen LogP contribution in [0, 0.1) is 0 Å². The molecule has 0 spiro atoms. The van der Waals surface area contributed by atoms with Gasteiger partial charge in [-0.15, -0.1) is 0 Å². The van der Waals surface area contributed by atoms with Crippen LogP contribution in [0.25, 0.3) is 0 Å². The maximum Gasteiger partial charge on any atom is 2.00 e. The third kappa shape index (κ3) is 11.5. The zero-order chi connectivity index (χ0) is 7.33. The summed E-state index contributed by atoms with van der Waals surface area (Å²) < 4.78 is 9.98. The Morgan fingerprint density at radius 2 is 1.80 bits per heavy atom. The number of rotatable bonds is 4. The van der Waals surface area contributed by atoms with Gasteiger partial charge in [0, 0.05) is 0 Å². The third-order valence-electron chi connectivity index (χ3n) is 1.04. The van der Waals surface area contributed by atoms with Gasteiger partial charge in [-0.2, -0.15) is 0 Å². The van der Waals surface area contributed by atoms with Crippen molar-refractivity contribution in [3.8, 4) is 0 Å². The second-order valence-electron chi connectivity index (χ2n) is 2.04. The van der Waals surface area contributed by atoms with E-state index < -0.39 is 7.60 Å². The topological polar surface area (TPSA) is 63.2 Å². The second kappa shape index (κ2) is 6.38. The summed E-state index contributed by atoms with van der Waals surface area (Å²) in [6, 6.07) is 0. The van der Waals surface area contributed by atoms with Crippen LogP contribution in [-0.4, -0.2) is 6.16 Å². The zero-order valence-corrected chi connectivity index (χ0v) is 7.85. The van der Waals surface area contributed by atoms with Crippen LogP contribution in [0.4, 0.5) is 0 Å². The minimum absolute atomic E-state index is 0. The summed E-state index contributed by atoms with van der Waals surface area (Å²) in [6.45, 7) is 1.96. The van der Waals surface area contributed by atoms with E-state index >= 15 is 0 Å². The molecule has 0 fully saturated rings. The molecule has 0 aliphatic rings. The average molecular weight is 206 g/mol. The van der Waals surface area contributed by atoms with Crippen molar-refractivity contribution in [3.63, 3.8) is 0 Å². The largest absolute Gasteiger partial charge is 2.00 e. The SMILES string of the molecule is CCCCCP(=O)([O-])[O-].[Fe+2]. The molecule has 0 unspecified atom stereocenters. The molecular formula is C5H11FeO3P. The maximum atomic E-state index is 9.98. The first-order valence-corrected chi connectivity index (χ1v) is 4.80. The average Bonchev–Trinajstić information content (AvgIpc) is 1.63. The van der Waals surface area contributed by atoms with Gasteiger partial charge >= 0.3 is 17.1 Å². The minimum atomic E-state index is -4.20. The van der Waals surface area contributed by atoms with Crippen molar-refractivity contribution in [2.75, 3.05) is 6.16 Å². The fraction of sp³-hybridized carbons (Fsp3) is 1.00. The zero-order valence-electron chi connectivity index (χ0n) is 5.85. The molecule has 5 heteroatoms. The first-order chi connectivity index (χ1) is 4.06. The normalized spacial score (nSPS) is 10.7. The van der Waals surface area contributed by atoms with Crippen LogP contribution in [0.3, 0.4) is 0 Å². The first kappa shape index (κ1) is 13.3. The van der Waals surface area contributed by atoms with E-state index in [9.17, 15) is 14.4 Å². The van der Waals surface area contributed by atoms with Gasteiger partial charge in [-0.25, -0.2) is 0 Å². The van der Waals surface area contributed by atoms with Crippen molar-refractivity contribution >= 4 is 7.60 Å². The van der Waals surface area contributed by atoms with E-state index in [0.29, 0.717) is 6.42 Å². The van der Waals surface area contributed by atoms with Gasteiger partial charge < -0.3 is 14.4 Å². The van der Waals surface area contributed by atoms with Gasteiger partial charge in [0.25, 0.3) is 0 Å². The predicted molar refractivity (Wildman–Crippen MR) is 32.0 cm³/mol. The van der Waals surface area contributed by atoms with Gasteiger partial charge in [-0.1, -0.05) is 27.4 Å². The molecule has 0 saturated carbocycles. The van der Waals surface area contributed by atoms with Crippen molar-refractivity contribution in [1.82, 2.24) is 0 Å². The summed E-state index contributed by atoms with van der Waals surface area (Å²) in [6.07, 6.45) is 2.11. The van der Waals surface area contributed by atoms with Crippen LogP contribution in [0.15, 0.2) is 0 Å². The Labute approximate surface area is 71.8 Å². The number of hydrogen-bond acceptors (Lipinski definition) is 3. The quantitative estimate of drug-likeness (QED) is 0.372. The Bertz CT molecular complexity index is 111. The van der Waals surface area contributed by atoms with E-state index in [1.54, 1.807) is 0 Å². The standard InChI is InChI=1S/C5H13O3P.Fe/c1-2-3-4-5-9(6,7)8;/h2-5H2,1H3,(H2,6,7,8);/q;+2/p-2. The summed E-state index contributed by atoms with van der Waals surface area (Å²) in [7, 11) is -4.20. The van der Waals surface area contributed by atoms with Crippen molar-refractivity contribution in [2.45, 2.75) is 26.2 Å². The molecule has 0 N–H and O–H groups in total. The maximum absolute atomic E-state index is 9.98. The Hall–Kier alpha value is 0.669. The van der Waals surface area contributed by atoms with Crippen molar-refractivity contribution in [3.05, 3.63) is 0 Å².